The summed E-state index contributed by atoms with van der Waals surface area (Å²) in [5, 5.41) is 10.1. The van der Waals surface area contributed by atoms with Crippen molar-refractivity contribution in [2.24, 2.45) is 0 Å². The molecule has 2 rings (SSSR count). The Hall–Kier alpha value is -0.770. The Labute approximate surface area is 114 Å². The molecule has 1 aliphatic heterocycles. The van der Waals surface area contributed by atoms with Gasteiger partial charge in [0.1, 0.15) is 0 Å². The quantitative estimate of drug-likeness (QED) is 0.912. The number of hydrogen-bond donors (Lipinski definition) is 1. The first-order valence-electron chi connectivity index (χ1n) is 6.50. The number of rotatable bonds is 3. The van der Waals surface area contributed by atoms with Crippen LogP contribution in [0.3, 0.4) is 0 Å². The van der Waals surface area contributed by atoms with Gasteiger partial charge in [-0.2, -0.15) is 0 Å². The first-order chi connectivity index (χ1) is 8.65. The molecule has 100 valence electrons. The molecule has 0 bridgehead atoms. The molecule has 1 N–H and O–H groups in total. The van der Waals surface area contributed by atoms with Crippen LogP contribution in [0, 0.1) is 0 Å². The molecule has 1 atom stereocenters. The standard InChI is InChI=1S/C14H21ClN2O/c1-3-13-9-17(7-6-16(13)2)14-5-4-12(15)8-11(14)10-18/h4-5,8,13,18H,3,6-7,9-10H2,1-2H3. The van der Waals surface area contributed by atoms with E-state index in [4.69, 9.17) is 11.6 Å². The summed E-state index contributed by atoms with van der Waals surface area (Å²) in [7, 11) is 2.18. The third-order valence-electron chi connectivity index (χ3n) is 3.80. The van der Waals surface area contributed by atoms with Crippen molar-refractivity contribution in [2.75, 3.05) is 31.6 Å². The van der Waals surface area contributed by atoms with Gasteiger partial charge in [0.25, 0.3) is 0 Å². The maximum Gasteiger partial charge on any atom is 0.0702 e. The van der Waals surface area contributed by atoms with Crippen molar-refractivity contribution in [3.05, 3.63) is 28.8 Å². The van der Waals surface area contributed by atoms with Gasteiger partial charge >= 0.3 is 0 Å². The van der Waals surface area contributed by atoms with Gasteiger partial charge in [0.2, 0.25) is 0 Å². The number of aliphatic hydroxyl groups is 1. The second-order valence-corrected chi connectivity index (χ2v) is 5.36. The normalized spacial score (nSPS) is 21.3. The summed E-state index contributed by atoms with van der Waals surface area (Å²) in [6.45, 7) is 5.34. The van der Waals surface area contributed by atoms with Crippen LogP contribution in [0.15, 0.2) is 18.2 Å². The molecule has 0 radical (unpaired) electrons. The van der Waals surface area contributed by atoms with Gasteiger partial charge in [0, 0.05) is 41.9 Å². The Balaban J connectivity index is 2.21. The number of aliphatic hydroxyl groups excluding tert-OH is 1. The summed E-state index contributed by atoms with van der Waals surface area (Å²) in [5.74, 6) is 0. The second-order valence-electron chi connectivity index (χ2n) is 4.92. The van der Waals surface area contributed by atoms with Crippen molar-refractivity contribution < 1.29 is 5.11 Å². The van der Waals surface area contributed by atoms with E-state index in [9.17, 15) is 5.11 Å². The van der Waals surface area contributed by atoms with Crippen molar-refractivity contribution in [3.8, 4) is 0 Å². The van der Waals surface area contributed by atoms with E-state index >= 15 is 0 Å². The Morgan fingerprint density at radius 3 is 2.83 bits per heavy atom. The third-order valence-corrected chi connectivity index (χ3v) is 4.04. The lowest BCUT2D eigenvalue weighted by Gasteiger charge is -2.41. The van der Waals surface area contributed by atoms with Crippen LogP contribution in [-0.2, 0) is 6.61 Å². The molecule has 18 heavy (non-hydrogen) atoms. The van der Waals surface area contributed by atoms with Crippen LogP contribution in [0.25, 0.3) is 0 Å². The number of halogens is 1. The molecule has 1 heterocycles. The molecule has 3 nitrogen and oxygen atoms in total. The van der Waals surface area contributed by atoms with Crippen LogP contribution in [0.5, 0.6) is 0 Å². The fraction of sp³-hybridized carbons (Fsp3) is 0.571. The van der Waals surface area contributed by atoms with Crippen molar-refractivity contribution in [1.82, 2.24) is 4.90 Å². The number of anilines is 1. The fourth-order valence-electron chi connectivity index (χ4n) is 2.59. The van der Waals surface area contributed by atoms with E-state index in [1.165, 1.54) is 0 Å². The second kappa shape index (κ2) is 5.91. The largest absolute Gasteiger partial charge is 0.392 e. The first kappa shape index (κ1) is 13.7. The summed E-state index contributed by atoms with van der Waals surface area (Å²) < 4.78 is 0. The van der Waals surface area contributed by atoms with E-state index in [0.717, 1.165) is 37.3 Å². The molecule has 0 aromatic heterocycles. The molecule has 1 aromatic rings. The number of piperazine rings is 1. The van der Waals surface area contributed by atoms with Crippen LogP contribution in [0.1, 0.15) is 18.9 Å². The first-order valence-corrected chi connectivity index (χ1v) is 6.88. The number of likely N-dealkylation sites (N-methyl/N-ethyl adjacent to an activating group) is 1. The molecule has 1 aromatic carbocycles. The number of nitrogens with zero attached hydrogens (tertiary/aromatic N) is 2. The van der Waals surface area contributed by atoms with E-state index in [-0.39, 0.29) is 6.61 Å². The third kappa shape index (κ3) is 2.79. The fourth-order valence-corrected chi connectivity index (χ4v) is 2.79. The monoisotopic (exact) mass is 268 g/mol. The Morgan fingerprint density at radius 1 is 1.39 bits per heavy atom. The average molecular weight is 269 g/mol. The van der Waals surface area contributed by atoms with Crippen molar-refractivity contribution >= 4 is 17.3 Å². The molecule has 1 unspecified atom stereocenters. The van der Waals surface area contributed by atoms with Gasteiger partial charge in [-0.1, -0.05) is 18.5 Å². The van der Waals surface area contributed by atoms with E-state index < -0.39 is 0 Å². The zero-order valence-corrected chi connectivity index (χ0v) is 11.8. The van der Waals surface area contributed by atoms with E-state index in [1.54, 1.807) is 0 Å². The maximum absolute atomic E-state index is 9.45. The van der Waals surface area contributed by atoms with Crippen molar-refractivity contribution in [3.63, 3.8) is 0 Å². The minimum atomic E-state index is 0.0407. The molecule has 1 fully saturated rings. The van der Waals surface area contributed by atoms with Crippen molar-refractivity contribution in [1.29, 1.82) is 0 Å². The minimum absolute atomic E-state index is 0.0407. The molecular formula is C14H21ClN2O. The predicted octanol–water partition coefficient (Wildman–Crippen LogP) is 2.36. The smallest absolute Gasteiger partial charge is 0.0702 e. The van der Waals surface area contributed by atoms with Crippen molar-refractivity contribution in [2.45, 2.75) is 26.0 Å². The molecular weight excluding hydrogens is 248 g/mol. The lowest BCUT2D eigenvalue weighted by Crippen LogP contribution is -2.51. The summed E-state index contributed by atoms with van der Waals surface area (Å²) in [5.41, 5.74) is 2.04. The van der Waals surface area contributed by atoms with E-state index in [1.807, 2.05) is 18.2 Å². The predicted molar refractivity (Wildman–Crippen MR) is 76.3 cm³/mol. The highest BCUT2D eigenvalue weighted by Gasteiger charge is 2.24. The Morgan fingerprint density at radius 2 is 2.17 bits per heavy atom. The maximum atomic E-state index is 9.45. The van der Waals surface area contributed by atoms with Gasteiger partial charge in [0.05, 0.1) is 6.61 Å². The van der Waals surface area contributed by atoms with Gasteiger partial charge in [-0.3, -0.25) is 4.90 Å². The van der Waals surface area contributed by atoms with Crippen LogP contribution >= 0.6 is 11.6 Å². The highest BCUT2D eigenvalue weighted by Crippen LogP contribution is 2.26. The highest BCUT2D eigenvalue weighted by molar-refractivity contribution is 6.30. The molecule has 0 amide bonds. The summed E-state index contributed by atoms with van der Waals surface area (Å²) >= 11 is 5.98. The Bertz CT molecular complexity index is 411. The van der Waals surface area contributed by atoms with Crippen LogP contribution in [0.4, 0.5) is 5.69 Å². The van der Waals surface area contributed by atoms with E-state index in [0.29, 0.717) is 11.1 Å². The average Bonchev–Trinajstić information content (AvgIpc) is 2.39. The highest BCUT2D eigenvalue weighted by atomic mass is 35.5. The molecule has 1 saturated heterocycles. The van der Waals surface area contributed by atoms with E-state index in [2.05, 4.69) is 23.8 Å². The number of hydrogen-bond acceptors (Lipinski definition) is 3. The van der Waals surface area contributed by atoms with Gasteiger partial charge in [-0.15, -0.1) is 0 Å². The lowest BCUT2D eigenvalue weighted by molar-refractivity contribution is 0.212. The molecule has 0 aliphatic carbocycles. The zero-order valence-electron chi connectivity index (χ0n) is 11.1. The van der Waals surface area contributed by atoms with Gasteiger partial charge in [0.15, 0.2) is 0 Å². The SMILES string of the molecule is CCC1CN(c2ccc(Cl)cc2CO)CCN1C. The molecule has 1 aliphatic rings. The zero-order chi connectivity index (χ0) is 13.1. The number of benzene rings is 1. The summed E-state index contributed by atoms with van der Waals surface area (Å²) in [6, 6.07) is 6.36. The molecule has 0 spiro atoms. The minimum Gasteiger partial charge on any atom is -0.392 e. The van der Waals surface area contributed by atoms with Crippen LogP contribution in [0.2, 0.25) is 5.02 Å². The van der Waals surface area contributed by atoms with Crippen LogP contribution in [-0.4, -0.2) is 42.7 Å². The van der Waals surface area contributed by atoms with Gasteiger partial charge < -0.3 is 10.0 Å². The van der Waals surface area contributed by atoms with Crippen LogP contribution < -0.4 is 4.90 Å². The summed E-state index contributed by atoms with van der Waals surface area (Å²) in [4.78, 5) is 4.76. The lowest BCUT2D eigenvalue weighted by atomic mass is 10.1. The summed E-state index contributed by atoms with van der Waals surface area (Å²) in [6.07, 6.45) is 1.15. The Kier molecular flexibility index (Phi) is 4.49. The molecule has 0 saturated carbocycles. The van der Waals surface area contributed by atoms with Gasteiger partial charge in [-0.25, -0.2) is 0 Å². The van der Waals surface area contributed by atoms with Gasteiger partial charge in [-0.05, 0) is 31.7 Å². The topological polar surface area (TPSA) is 26.7 Å². The molecule has 4 heteroatoms.